The van der Waals surface area contributed by atoms with Crippen LogP contribution in [0.25, 0.3) is 0 Å². The van der Waals surface area contributed by atoms with Crippen LogP contribution in [0.5, 0.6) is 0 Å². The molecule has 2 aromatic rings. The minimum atomic E-state index is 0.704. The Morgan fingerprint density at radius 2 is 2.15 bits per heavy atom. The highest BCUT2D eigenvalue weighted by Crippen LogP contribution is 2.26. The summed E-state index contributed by atoms with van der Waals surface area (Å²) in [6.45, 7) is 3.25. The van der Waals surface area contributed by atoms with Crippen molar-refractivity contribution in [2.75, 3.05) is 13.1 Å². The van der Waals surface area contributed by atoms with Gasteiger partial charge in [-0.15, -0.1) is 0 Å². The first-order valence-corrected chi connectivity index (χ1v) is 8.58. The number of thiophene rings is 1. The van der Waals surface area contributed by atoms with E-state index < -0.39 is 0 Å². The quantitative estimate of drug-likeness (QED) is 0.754. The van der Waals surface area contributed by atoms with Gasteiger partial charge in [0.15, 0.2) is 0 Å². The van der Waals surface area contributed by atoms with E-state index in [9.17, 15) is 0 Å². The maximum atomic E-state index is 6.25. The zero-order valence-electron chi connectivity index (χ0n) is 11.2. The Morgan fingerprint density at radius 1 is 1.25 bits per heavy atom. The van der Waals surface area contributed by atoms with E-state index in [1.54, 1.807) is 11.3 Å². The fourth-order valence-electron chi connectivity index (χ4n) is 2.86. The van der Waals surface area contributed by atoms with Gasteiger partial charge >= 0.3 is 0 Å². The van der Waals surface area contributed by atoms with Crippen molar-refractivity contribution in [1.29, 1.82) is 0 Å². The molecule has 1 saturated heterocycles. The van der Waals surface area contributed by atoms with Gasteiger partial charge in [0.25, 0.3) is 0 Å². The molecule has 1 atom stereocenters. The molecule has 3 rings (SSSR count). The number of nitrogens with zero attached hydrogens (tertiary/aromatic N) is 1. The lowest BCUT2D eigenvalue weighted by Crippen LogP contribution is -2.20. The summed E-state index contributed by atoms with van der Waals surface area (Å²) in [6.07, 6.45) is 2.48. The first kappa shape index (κ1) is 14.4. The number of likely N-dealkylation sites (tertiary alicyclic amines) is 1. The molecule has 0 spiro atoms. The highest BCUT2D eigenvalue weighted by Gasteiger charge is 2.23. The van der Waals surface area contributed by atoms with Crippen molar-refractivity contribution in [2.24, 2.45) is 5.92 Å². The molecular weight excluding hydrogens is 309 g/mol. The molecule has 0 amide bonds. The molecule has 2 heterocycles. The van der Waals surface area contributed by atoms with Crippen LogP contribution in [-0.4, -0.2) is 18.0 Å². The maximum absolute atomic E-state index is 6.25. The molecule has 4 heteroatoms. The Morgan fingerprint density at radius 3 is 2.90 bits per heavy atom. The van der Waals surface area contributed by atoms with Gasteiger partial charge in [-0.2, -0.15) is 11.3 Å². The van der Waals surface area contributed by atoms with Gasteiger partial charge in [0.1, 0.15) is 0 Å². The molecule has 20 heavy (non-hydrogen) atoms. The smallest absolute Gasteiger partial charge is 0.0465 e. The van der Waals surface area contributed by atoms with E-state index in [0.717, 1.165) is 30.6 Å². The second kappa shape index (κ2) is 6.48. The SMILES string of the molecule is Clc1ccc(CN2CC[C@@H](Cc3ccsc3)C2)c(Cl)c1. The van der Waals surface area contributed by atoms with Gasteiger partial charge in [0.05, 0.1) is 0 Å². The van der Waals surface area contributed by atoms with Crippen LogP contribution in [0.2, 0.25) is 10.0 Å². The Kier molecular flexibility index (Phi) is 4.67. The molecule has 1 aromatic heterocycles. The van der Waals surface area contributed by atoms with Crippen LogP contribution in [-0.2, 0) is 13.0 Å². The first-order valence-electron chi connectivity index (χ1n) is 6.88. The summed E-state index contributed by atoms with van der Waals surface area (Å²) in [6, 6.07) is 8.03. The van der Waals surface area contributed by atoms with Gasteiger partial charge in [-0.05, 0) is 65.4 Å². The third kappa shape index (κ3) is 3.56. The molecule has 106 valence electrons. The minimum absolute atomic E-state index is 0.704. The van der Waals surface area contributed by atoms with Crippen molar-refractivity contribution in [1.82, 2.24) is 4.90 Å². The number of benzene rings is 1. The molecule has 0 saturated carbocycles. The molecule has 0 radical (unpaired) electrons. The van der Waals surface area contributed by atoms with Crippen LogP contribution < -0.4 is 0 Å². The number of hydrogen-bond acceptors (Lipinski definition) is 2. The second-order valence-corrected chi connectivity index (χ2v) is 7.08. The number of halogens is 2. The molecule has 1 aromatic carbocycles. The third-order valence-electron chi connectivity index (χ3n) is 3.88. The Labute approximate surface area is 134 Å². The van der Waals surface area contributed by atoms with E-state index in [4.69, 9.17) is 23.2 Å². The van der Waals surface area contributed by atoms with Crippen LogP contribution in [0, 0.1) is 5.92 Å². The van der Waals surface area contributed by atoms with Crippen molar-refractivity contribution < 1.29 is 0 Å². The minimum Gasteiger partial charge on any atom is -0.299 e. The fraction of sp³-hybridized carbons (Fsp3) is 0.375. The number of hydrogen-bond donors (Lipinski definition) is 0. The molecule has 1 aliphatic heterocycles. The van der Waals surface area contributed by atoms with Crippen LogP contribution in [0.3, 0.4) is 0 Å². The summed E-state index contributed by atoms with van der Waals surface area (Å²) in [5, 5.41) is 5.91. The van der Waals surface area contributed by atoms with Crippen molar-refractivity contribution in [2.45, 2.75) is 19.4 Å². The van der Waals surface area contributed by atoms with Gasteiger partial charge in [-0.25, -0.2) is 0 Å². The average molecular weight is 326 g/mol. The van der Waals surface area contributed by atoms with E-state index in [1.807, 2.05) is 18.2 Å². The van der Waals surface area contributed by atoms with E-state index in [1.165, 1.54) is 24.0 Å². The van der Waals surface area contributed by atoms with Crippen molar-refractivity contribution >= 4 is 34.5 Å². The van der Waals surface area contributed by atoms with E-state index >= 15 is 0 Å². The lowest BCUT2D eigenvalue weighted by atomic mass is 10.0. The summed E-state index contributed by atoms with van der Waals surface area (Å²) in [7, 11) is 0. The summed E-state index contributed by atoms with van der Waals surface area (Å²) < 4.78 is 0. The first-order chi connectivity index (χ1) is 9.70. The largest absolute Gasteiger partial charge is 0.299 e. The summed E-state index contributed by atoms with van der Waals surface area (Å²) in [4.78, 5) is 2.49. The Bertz CT molecular complexity index is 568. The zero-order valence-corrected chi connectivity index (χ0v) is 13.5. The molecule has 0 bridgehead atoms. The maximum Gasteiger partial charge on any atom is 0.0465 e. The van der Waals surface area contributed by atoms with E-state index in [0.29, 0.717) is 5.02 Å². The molecule has 0 N–H and O–H groups in total. The fourth-order valence-corrected chi connectivity index (χ4v) is 4.01. The van der Waals surface area contributed by atoms with Gasteiger partial charge in [-0.3, -0.25) is 4.90 Å². The van der Waals surface area contributed by atoms with Crippen molar-refractivity contribution in [3.63, 3.8) is 0 Å². The third-order valence-corrected chi connectivity index (χ3v) is 5.20. The van der Waals surface area contributed by atoms with Crippen LogP contribution in [0.1, 0.15) is 17.5 Å². The standard InChI is InChI=1S/C16H17Cl2NS/c17-15-2-1-14(16(18)8-15)10-19-5-3-12(9-19)7-13-4-6-20-11-13/h1-2,4,6,8,11-12H,3,5,7,9-10H2/t12-/m0/s1. The van der Waals surface area contributed by atoms with E-state index in [-0.39, 0.29) is 0 Å². The lowest BCUT2D eigenvalue weighted by molar-refractivity contribution is 0.316. The Balaban J connectivity index is 1.57. The predicted octanol–water partition coefficient (Wildman–Crippen LogP) is 5.12. The average Bonchev–Trinajstić information content (AvgIpc) is 3.06. The lowest BCUT2D eigenvalue weighted by Gasteiger charge is -2.17. The zero-order chi connectivity index (χ0) is 13.9. The van der Waals surface area contributed by atoms with E-state index in [2.05, 4.69) is 21.7 Å². The van der Waals surface area contributed by atoms with Gasteiger partial charge in [0, 0.05) is 23.1 Å². The molecular formula is C16H17Cl2NS. The van der Waals surface area contributed by atoms with Gasteiger partial charge < -0.3 is 0 Å². The highest BCUT2D eigenvalue weighted by atomic mass is 35.5. The molecule has 1 aliphatic rings. The number of rotatable bonds is 4. The van der Waals surface area contributed by atoms with Gasteiger partial charge in [-0.1, -0.05) is 29.3 Å². The normalized spacial score (nSPS) is 19.6. The topological polar surface area (TPSA) is 3.24 Å². The second-order valence-electron chi connectivity index (χ2n) is 5.46. The van der Waals surface area contributed by atoms with Crippen LogP contribution in [0.4, 0.5) is 0 Å². The monoisotopic (exact) mass is 325 g/mol. The highest BCUT2D eigenvalue weighted by molar-refractivity contribution is 7.07. The summed E-state index contributed by atoms with van der Waals surface area (Å²) in [5.74, 6) is 0.774. The molecule has 0 unspecified atom stereocenters. The molecule has 1 fully saturated rings. The predicted molar refractivity (Wildman–Crippen MR) is 87.9 cm³/mol. The van der Waals surface area contributed by atoms with Crippen LogP contribution >= 0.6 is 34.5 Å². The van der Waals surface area contributed by atoms with Gasteiger partial charge in [0.2, 0.25) is 0 Å². The van der Waals surface area contributed by atoms with Crippen molar-refractivity contribution in [3.8, 4) is 0 Å². The summed E-state index contributed by atoms with van der Waals surface area (Å²) >= 11 is 14.0. The molecule has 0 aliphatic carbocycles. The Hall–Kier alpha value is -0.540. The van der Waals surface area contributed by atoms with Crippen molar-refractivity contribution in [3.05, 3.63) is 56.2 Å². The molecule has 1 nitrogen and oxygen atoms in total. The summed E-state index contributed by atoms with van der Waals surface area (Å²) in [5.41, 5.74) is 2.65. The van der Waals surface area contributed by atoms with Crippen LogP contribution in [0.15, 0.2) is 35.0 Å².